The zero-order chi connectivity index (χ0) is 31.4. The van der Waals surface area contributed by atoms with Crippen LogP contribution in [0.2, 0.25) is 0 Å². The van der Waals surface area contributed by atoms with Gasteiger partial charge < -0.3 is 14.4 Å². The molecule has 0 amide bonds. The van der Waals surface area contributed by atoms with Crippen molar-refractivity contribution in [2.75, 3.05) is 0 Å². The molecule has 0 bridgehead atoms. The molecule has 0 saturated carbocycles. The van der Waals surface area contributed by atoms with Gasteiger partial charge in [-0.1, -0.05) is 95.3 Å². The molecule has 3 heterocycles. The Kier molecular flexibility index (Phi) is 7.87. The third-order valence-corrected chi connectivity index (χ3v) is 8.58. The van der Waals surface area contributed by atoms with Crippen molar-refractivity contribution in [3.63, 3.8) is 0 Å². The molecule has 0 aliphatic carbocycles. The SMILES string of the molecule is Cc1cc(C)c(-c2cc(Oc3cc(-c4ccccc4)c4cccc(O)c4n3)[c-]c3c2c2ccccc2n3-c2ccccn2)c(C)c1.[Pt]. The number of nitrogens with zero attached hydrogens (tertiary/aromatic N) is 3. The number of phenolic OH excluding ortho intramolecular Hbond substituents is 1. The summed E-state index contributed by atoms with van der Waals surface area (Å²) in [6.07, 6.45) is 1.81. The fourth-order valence-electron chi connectivity index (χ4n) is 6.80. The van der Waals surface area contributed by atoms with E-state index in [4.69, 9.17) is 14.7 Å². The molecular formula is C41H30N3O2Pt-. The number of aryl methyl sites for hydroxylation is 3. The van der Waals surface area contributed by atoms with E-state index in [2.05, 4.69) is 73.9 Å². The molecule has 0 atom stereocenters. The topological polar surface area (TPSA) is 60.2 Å². The summed E-state index contributed by atoms with van der Waals surface area (Å²) in [7, 11) is 0. The first-order valence-corrected chi connectivity index (χ1v) is 15.3. The molecule has 5 aromatic carbocycles. The summed E-state index contributed by atoms with van der Waals surface area (Å²) in [5, 5.41) is 13.9. The van der Waals surface area contributed by atoms with E-state index in [-0.39, 0.29) is 26.8 Å². The Bertz CT molecular complexity index is 2410. The van der Waals surface area contributed by atoms with Crippen molar-refractivity contribution in [2.24, 2.45) is 0 Å². The van der Waals surface area contributed by atoms with Crippen molar-refractivity contribution >= 4 is 32.7 Å². The number of fused-ring (bicyclic) bond motifs is 4. The third kappa shape index (κ3) is 5.27. The van der Waals surface area contributed by atoms with Gasteiger partial charge in [0.1, 0.15) is 17.1 Å². The van der Waals surface area contributed by atoms with Gasteiger partial charge in [-0.3, -0.25) is 0 Å². The molecule has 0 aliphatic heterocycles. The normalized spacial score (nSPS) is 11.2. The zero-order valence-electron chi connectivity index (χ0n) is 26.1. The van der Waals surface area contributed by atoms with Crippen LogP contribution in [0.15, 0.2) is 121 Å². The van der Waals surface area contributed by atoms with E-state index in [1.165, 1.54) is 16.7 Å². The maximum atomic E-state index is 10.9. The minimum Gasteiger partial charge on any atom is -0.506 e. The number of aromatic nitrogens is 3. The fraction of sp³-hybridized carbons (Fsp3) is 0.0732. The maximum Gasteiger partial charge on any atom is 0.217 e. The average molecular weight is 792 g/mol. The molecule has 1 N–H and O–H groups in total. The molecule has 3 aromatic heterocycles. The van der Waals surface area contributed by atoms with E-state index < -0.39 is 0 Å². The molecule has 0 aliphatic rings. The first-order chi connectivity index (χ1) is 22.5. The van der Waals surface area contributed by atoms with E-state index in [0.717, 1.165) is 55.3 Å². The van der Waals surface area contributed by atoms with Crippen molar-refractivity contribution in [3.05, 3.63) is 144 Å². The number of aromatic hydroxyl groups is 1. The molecular weight excluding hydrogens is 762 g/mol. The standard InChI is InChI=1S/C41H30N3O2.Pt/c1-25-20-26(2)39(27(3)21-25)33-22-29(23-35-40(33)31-14-7-8-16-34(31)44(35)37-18-9-10-19-42-37)46-38-24-32(28-12-5-4-6-13-28)30-15-11-17-36(45)41(30)43-38;/h4-22,24,45H,1-3H3;/q-1;. The molecule has 0 saturated heterocycles. The second-order valence-electron chi connectivity index (χ2n) is 11.7. The summed E-state index contributed by atoms with van der Waals surface area (Å²) < 4.78 is 8.80. The smallest absolute Gasteiger partial charge is 0.217 e. The Hall–Kier alpha value is -5.25. The predicted molar refractivity (Wildman–Crippen MR) is 186 cm³/mol. The molecule has 47 heavy (non-hydrogen) atoms. The van der Waals surface area contributed by atoms with Gasteiger partial charge in [-0.2, -0.15) is 0 Å². The Balaban J connectivity index is 0.00000351. The van der Waals surface area contributed by atoms with Gasteiger partial charge >= 0.3 is 0 Å². The maximum absolute atomic E-state index is 10.9. The zero-order valence-corrected chi connectivity index (χ0v) is 28.3. The number of benzene rings is 5. The van der Waals surface area contributed by atoms with Crippen LogP contribution in [0.1, 0.15) is 16.7 Å². The number of ether oxygens (including phenoxy) is 1. The summed E-state index contributed by atoms with van der Waals surface area (Å²) in [5.41, 5.74) is 10.1. The number of rotatable bonds is 5. The van der Waals surface area contributed by atoms with E-state index >= 15 is 0 Å². The predicted octanol–water partition coefficient (Wildman–Crippen LogP) is 10.3. The second kappa shape index (κ2) is 12.2. The molecule has 5 nitrogen and oxygen atoms in total. The molecule has 0 radical (unpaired) electrons. The molecule has 8 rings (SSSR count). The largest absolute Gasteiger partial charge is 0.506 e. The van der Waals surface area contributed by atoms with E-state index in [1.807, 2.05) is 72.9 Å². The first kappa shape index (κ1) is 30.4. The summed E-state index contributed by atoms with van der Waals surface area (Å²) >= 11 is 0. The minimum absolute atomic E-state index is 0. The van der Waals surface area contributed by atoms with E-state index in [1.54, 1.807) is 6.07 Å². The quantitative estimate of drug-likeness (QED) is 0.176. The number of pyridine rings is 2. The molecule has 0 fully saturated rings. The van der Waals surface area contributed by atoms with Gasteiger partial charge in [0.25, 0.3) is 0 Å². The Morgan fingerprint density at radius 2 is 1.45 bits per heavy atom. The van der Waals surface area contributed by atoms with Gasteiger partial charge in [-0.25, -0.2) is 9.97 Å². The van der Waals surface area contributed by atoms with Crippen molar-refractivity contribution in [1.29, 1.82) is 0 Å². The van der Waals surface area contributed by atoms with Crippen LogP contribution in [-0.4, -0.2) is 19.6 Å². The van der Waals surface area contributed by atoms with Crippen LogP contribution in [0.3, 0.4) is 0 Å². The van der Waals surface area contributed by atoms with Gasteiger partial charge in [-0.05, 0) is 78.2 Å². The van der Waals surface area contributed by atoms with Gasteiger partial charge in [-0.15, -0.1) is 17.7 Å². The van der Waals surface area contributed by atoms with Gasteiger partial charge in [0.15, 0.2) is 0 Å². The van der Waals surface area contributed by atoms with Crippen molar-refractivity contribution in [3.8, 4) is 45.5 Å². The van der Waals surface area contributed by atoms with E-state index in [0.29, 0.717) is 17.1 Å². The number of para-hydroxylation sites is 2. The van der Waals surface area contributed by atoms with Crippen LogP contribution in [0.5, 0.6) is 17.4 Å². The minimum atomic E-state index is 0. The number of phenols is 1. The Morgan fingerprint density at radius 3 is 2.21 bits per heavy atom. The van der Waals surface area contributed by atoms with Crippen LogP contribution in [0.4, 0.5) is 0 Å². The van der Waals surface area contributed by atoms with E-state index in [9.17, 15) is 5.11 Å². The van der Waals surface area contributed by atoms with Crippen LogP contribution < -0.4 is 4.74 Å². The first-order valence-electron chi connectivity index (χ1n) is 15.3. The van der Waals surface area contributed by atoms with Gasteiger partial charge in [0, 0.05) is 50.0 Å². The van der Waals surface area contributed by atoms with Gasteiger partial charge in [0.2, 0.25) is 5.88 Å². The molecule has 0 spiro atoms. The van der Waals surface area contributed by atoms with Crippen LogP contribution in [0.25, 0.3) is 60.8 Å². The summed E-state index contributed by atoms with van der Waals surface area (Å²) in [6.45, 7) is 6.46. The average Bonchev–Trinajstić information content (AvgIpc) is 3.39. The van der Waals surface area contributed by atoms with Gasteiger partial charge in [0.05, 0.1) is 0 Å². The molecule has 232 valence electrons. The van der Waals surface area contributed by atoms with Crippen molar-refractivity contribution in [1.82, 2.24) is 14.5 Å². The number of hydrogen-bond donors (Lipinski definition) is 1. The summed E-state index contributed by atoms with van der Waals surface area (Å²) in [6, 6.07) is 42.0. The van der Waals surface area contributed by atoms with Crippen LogP contribution in [0, 0.1) is 26.8 Å². The fourth-order valence-corrected chi connectivity index (χ4v) is 6.80. The molecule has 0 unspecified atom stereocenters. The Labute approximate surface area is 287 Å². The van der Waals surface area contributed by atoms with Crippen LogP contribution in [-0.2, 0) is 21.1 Å². The van der Waals surface area contributed by atoms with Crippen LogP contribution >= 0.6 is 0 Å². The molecule has 8 aromatic rings. The van der Waals surface area contributed by atoms with Crippen molar-refractivity contribution in [2.45, 2.75) is 20.8 Å². The monoisotopic (exact) mass is 791 g/mol. The second-order valence-corrected chi connectivity index (χ2v) is 11.7. The third-order valence-electron chi connectivity index (χ3n) is 8.58. The van der Waals surface area contributed by atoms with Crippen molar-refractivity contribution < 1.29 is 30.9 Å². The number of hydrogen-bond acceptors (Lipinski definition) is 4. The summed E-state index contributed by atoms with van der Waals surface area (Å²) in [4.78, 5) is 9.53. The molecule has 6 heteroatoms. The summed E-state index contributed by atoms with van der Waals surface area (Å²) in [5.74, 6) is 1.78. The Morgan fingerprint density at radius 1 is 0.723 bits per heavy atom.